The lowest BCUT2D eigenvalue weighted by Gasteiger charge is -2.34. The van der Waals surface area contributed by atoms with E-state index in [2.05, 4.69) is 43.4 Å². The number of thiophene rings is 1. The van der Waals surface area contributed by atoms with Gasteiger partial charge in [-0.25, -0.2) is 0 Å². The van der Waals surface area contributed by atoms with Crippen molar-refractivity contribution in [1.82, 2.24) is 16.0 Å². The number of hydrogen-bond donors (Lipinski definition) is 3. The van der Waals surface area contributed by atoms with E-state index < -0.39 is 5.41 Å². The molecule has 0 atom stereocenters. The second-order valence-corrected chi connectivity index (χ2v) is 7.95. The molecule has 6 nitrogen and oxygen atoms in total. The maximum atomic E-state index is 12.1. The van der Waals surface area contributed by atoms with Crippen LogP contribution in [0, 0.1) is 5.41 Å². The SMILES string of the molecule is CCNC(=O)C(C)(C)CNC(=NC)NC1CCN(c2cccs2)CC1. The van der Waals surface area contributed by atoms with Gasteiger partial charge in [-0.3, -0.25) is 9.79 Å². The van der Waals surface area contributed by atoms with E-state index in [1.807, 2.05) is 20.8 Å². The number of hydrogen-bond acceptors (Lipinski definition) is 4. The summed E-state index contributed by atoms with van der Waals surface area (Å²) in [4.78, 5) is 18.8. The largest absolute Gasteiger partial charge is 0.363 e. The summed E-state index contributed by atoms with van der Waals surface area (Å²) in [5.41, 5.74) is -0.476. The van der Waals surface area contributed by atoms with E-state index in [0.717, 1.165) is 31.9 Å². The van der Waals surface area contributed by atoms with Gasteiger partial charge in [-0.05, 0) is 51.1 Å². The summed E-state index contributed by atoms with van der Waals surface area (Å²) < 4.78 is 0. The lowest BCUT2D eigenvalue weighted by Crippen LogP contribution is -2.52. The van der Waals surface area contributed by atoms with Crippen molar-refractivity contribution in [2.45, 2.75) is 39.7 Å². The van der Waals surface area contributed by atoms with Crippen LogP contribution in [0.2, 0.25) is 0 Å². The van der Waals surface area contributed by atoms with Gasteiger partial charge in [0.2, 0.25) is 5.91 Å². The van der Waals surface area contributed by atoms with Crippen LogP contribution < -0.4 is 20.9 Å². The Morgan fingerprint density at radius 2 is 2.08 bits per heavy atom. The van der Waals surface area contributed by atoms with Gasteiger partial charge in [0.15, 0.2) is 5.96 Å². The zero-order chi connectivity index (χ0) is 18.3. The van der Waals surface area contributed by atoms with E-state index >= 15 is 0 Å². The van der Waals surface area contributed by atoms with Crippen LogP contribution in [0.15, 0.2) is 22.5 Å². The number of amides is 1. The normalized spacial score (nSPS) is 16.6. The van der Waals surface area contributed by atoms with Crippen LogP contribution in [-0.2, 0) is 4.79 Å². The van der Waals surface area contributed by atoms with Crippen molar-refractivity contribution in [3.8, 4) is 0 Å². The minimum Gasteiger partial charge on any atom is -0.363 e. The standard InChI is InChI=1S/C18H31N5OS/c1-5-20-16(24)18(2,3)13-21-17(19-4)22-14-8-10-23(11-9-14)15-7-6-12-25-15/h6-7,12,14H,5,8-11,13H2,1-4H3,(H,20,24)(H2,19,21,22). The van der Waals surface area contributed by atoms with E-state index in [0.29, 0.717) is 19.1 Å². The van der Waals surface area contributed by atoms with Crippen LogP contribution in [0.3, 0.4) is 0 Å². The maximum Gasteiger partial charge on any atom is 0.227 e. The highest BCUT2D eigenvalue weighted by molar-refractivity contribution is 7.14. The van der Waals surface area contributed by atoms with Gasteiger partial charge in [-0.15, -0.1) is 11.3 Å². The third kappa shape index (κ3) is 5.63. The number of rotatable bonds is 6. The number of nitrogens with one attached hydrogen (secondary N) is 3. The van der Waals surface area contributed by atoms with Gasteiger partial charge in [-0.1, -0.05) is 0 Å². The predicted molar refractivity (Wildman–Crippen MR) is 107 cm³/mol. The van der Waals surface area contributed by atoms with Gasteiger partial charge in [-0.2, -0.15) is 0 Å². The third-order valence-electron chi connectivity index (χ3n) is 4.53. The van der Waals surface area contributed by atoms with Gasteiger partial charge < -0.3 is 20.9 Å². The maximum absolute atomic E-state index is 12.1. The van der Waals surface area contributed by atoms with Crippen LogP contribution in [-0.4, -0.2) is 51.1 Å². The Labute approximate surface area is 155 Å². The summed E-state index contributed by atoms with van der Waals surface area (Å²) in [6.45, 7) is 9.13. The van der Waals surface area contributed by atoms with Crippen molar-refractivity contribution in [2.24, 2.45) is 10.4 Å². The van der Waals surface area contributed by atoms with Crippen molar-refractivity contribution < 1.29 is 4.79 Å². The lowest BCUT2D eigenvalue weighted by atomic mass is 9.92. The minimum absolute atomic E-state index is 0.0576. The molecule has 2 heterocycles. The fraction of sp³-hybridized carbons (Fsp3) is 0.667. The topological polar surface area (TPSA) is 68.8 Å². The first kappa shape index (κ1) is 19.6. The molecule has 0 unspecified atom stereocenters. The number of nitrogens with zero attached hydrogens (tertiary/aromatic N) is 2. The Balaban J connectivity index is 1.78. The summed E-state index contributed by atoms with van der Waals surface area (Å²) in [7, 11) is 1.77. The van der Waals surface area contributed by atoms with Gasteiger partial charge in [0.1, 0.15) is 0 Å². The molecule has 0 saturated carbocycles. The fourth-order valence-electron chi connectivity index (χ4n) is 2.87. The molecular weight excluding hydrogens is 334 g/mol. The summed E-state index contributed by atoms with van der Waals surface area (Å²) in [6, 6.07) is 4.70. The first-order valence-corrected chi connectivity index (χ1v) is 9.88. The lowest BCUT2D eigenvalue weighted by molar-refractivity contribution is -0.128. The van der Waals surface area contributed by atoms with Gasteiger partial charge in [0.05, 0.1) is 10.4 Å². The highest BCUT2D eigenvalue weighted by Gasteiger charge is 2.28. The quantitative estimate of drug-likeness (QED) is 0.533. The van der Waals surface area contributed by atoms with Crippen LogP contribution in [0.5, 0.6) is 0 Å². The number of piperidine rings is 1. The Morgan fingerprint density at radius 3 is 2.64 bits per heavy atom. The second kappa shape index (κ2) is 9.08. The molecule has 1 amide bonds. The van der Waals surface area contributed by atoms with E-state index in [-0.39, 0.29) is 5.91 Å². The third-order valence-corrected chi connectivity index (χ3v) is 5.46. The Hall–Kier alpha value is -1.76. The molecule has 1 aliphatic heterocycles. The molecule has 25 heavy (non-hydrogen) atoms. The van der Waals surface area contributed by atoms with E-state index in [4.69, 9.17) is 0 Å². The summed E-state index contributed by atoms with van der Waals surface area (Å²) in [5.74, 6) is 0.828. The predicted octanol–water partition coefficient (Wildman–Crippen LogP) is 2.04. The molecular formula is C18H31N5OS. The molecule has 1 aromatic rings. The fourth-order valence-corrected chi connectivity index (χ4v) is 3.65. The number of carbonyl (C=O) groups is 1. The van der Waals surface area contributed by atoms with Crippen LogP contribution in [0.1, 0.15) is 33.6 Å². The van der Waals surface area contributed by atoms with Gasteiger partial charge in [0, 0.05) is 39.3 Å². The molecule has 0 radical (unpaired) electrons. The van der Waals surface area contributed by atoms with Gasteiger partial charge >= 0.3 is 0 Å². The highest BCUT2D eigenvalue weighted by Crippen LogP contribution is 2.24. The van der Waals surface area contributed by atoms with Crippen molar-refractivity contribution in [2.75, 3.05) is 38.1 Å². The molecule has 0 spiro atoms. The van der Waals surface area contributed by atoms with E-state index in [1.165, 1.54) is 5.00 Å². The number of aliphatic imine (C=N–C) groups is 1. The van der Waals surface area contributed by atoms with Crippen molar-refractivity contribution in [1.29, 1.82) is 0 Å². The molecule has 1 aromatic heterocycles. The minimum atomic E-state index is -0.476. The van der Waals surface area contributed by atoms with Crippen LogP contribution in [0.25, 0.3) is 0 Å². The number of anilines is 1. The van der Waals surface area contributed by atoms with Gasteiger partial charge in [0.25, 0.3) is 0 Å². The molecule has 3 N–H and O–H groups in total. The molecule has 140 valence electrons. The molecule has 1 aliphatic rings. The van der Waals surface area contributed by atoms with E-state index in [9.17, 15) is 4.79 Å². The molecule has 1 fully saturated rings. The monoisotopic (exact) mass is 365 g/mol. The second-order valence-electron chi connectivity index (χ2n) is 7.03. The summed E-state index contributed by atoms with van der Waals surface area (Å²) in [5, 5.41) is 13.2. The highest BCUT2D eigenvalue weighted by atomic mass is 32.1. The molecule has 2 rings (SSSR count). The first-order chi connectivity index (χ1) is 12.0. The van der Waals surface area contributed by atoms with Crippen molar-refractivity contribution >= 4 is 28.2 Å². The smallest absolute Gasteiger partial charge is 0.227 e. The molecule has 7 heteroatoms. The molecule has 0 bridgehead atoms. The first-order valence-electron chi connectivity index (χ1n) is 9.00. The Kier molecular flexibility index (Phi) is 7.11. The number of carbonyl (C=O) groups excluding carboxylic acids is 1. The summed E-state index contributed by atoms with van der Waals surface area (Å²) in [6.07, 6.45) is 2.16. The molecule has 0 aromatic carbocycles. The Morgan fingerprint density at radius 1 is 1.36 bits per heavy atom. The molecule has 1 saturated heterocycles. The van der Waals surface area contributed by atoms with Crippen molar-refractivity contribution in [3.05, 3.63) is 17.5 Å². The average molecular weight is 366 g/mol. The summed E-state index contributed by atoms with van der Waals surface area (Å²) >= 11 is 1.80. The van der Waals surface area contributed by atoms with E-state index in [1.54, 1.807) is 18.4 Å². The Bertz CT molecular complexity index is 562. The average Bonchev–Trinajstić information content (AvgIpc) is 3.14. The van der Waals surface area contributed by atoms with Crippen LogP contribution >= 0.6 is 11.3 Å². The van der Waals surface area contributed by atoms with Crippen LogP contribution in [0.4, 0.5) is 5.00 Å². The zero-order valence-electron chi connectivity index (χ0n) is 15.8. The van der Waals surface area contributed by atoms with Crippen molar-refractivity contribution in [3.63, 3.8) is 0 Å². The number of guanidine groups is 1. The zero-order valence-corrected chi connectivity index (χ0v) is 16.6. The molecule has 0 aliphatic carbocycles.